The van der Waals surface area contributed by atoms with Crippen LogP contribution >= 0.6 is 0 Å². The van der Waals surface area contributed by atoms with E-state index >= 15 is 0 Å². The number of ether oxygens (including phenoxy) is 2. The number of rotatable bonds is 4. The zero-order valence-corrected chi connectivity index (χ0v) is 15.0. The molecule has 0 unspecified atom stereocenters. The molecule has 4 rings (SSSR count). The predicted molar refractivity (Wildman–Crippen MR) is 95.5 cm³/mol. The summed E-state index contributed by atoms with van der Waals surface area (Å²) in [4.78, 5) is 22.8. The quantitative estimate of drug-likeness (QED) is 0.700. The maximum absolute atomic E-state index is 12.9. The summed E-state index contributed by atoms with van der Waals surface area (Å²) in [6.07, 6.45) is 3.33. The van der Waals surface area contributed by atoms with Gasteiger partial charge in [0.2, 0.25) is 11.7 Å². The number of hydrogen-bond donors (Lipinski definition) is 0. The van der Waals surface area contributed by atoms with Crippen molar-refractivity contribution in [2.45, 2.75) is 13.5 Å². The predicted octanol–water partition coefficient (Wildman–Crippen LogP) is 2.48. The third-order valence-electron chi connectivity index (χ3n) is 4.23. The Morgan fingerprint density at radius 1 is 1.22 bits per heavy atom. The van der Waals surface area contributed by atoms with Gasteiger partial charge < -0.3 is 18.9 Å². The molecule has 0 atom stereocenters. The lowest BCUT2D eigenvalue weighted by Crippen LogP contribution is -2.27. The van der Waals surface area contributed by atoms with Crippen LogP contribution in [0.1, 0.15) is 21.8 Å². The summed E-state index contributed by atoms with van der Waals surface area (Å²) in [5, 5.41) is 3.95. The van der Waals surface area contributed by atoms with Gasteiger partial charge in [-0.15, -0.1) is 0 Å². The molecule has 1 aromatic carbocycles. The van der Waals surface area contributed by atoms with E-state index in [4.69, 9.17) is 14.0 Å². The van der Waals surface area contributed by atoms with Gasteiger partial charge in [0.1, 0.15) is 13.2 Å². The molecule has 0 fully saturated rings. The third-order valence-corrected chi connectivity index (χ3v) is 4.23. The fourth-order valence-corrected chi connectivity index (χ4v) is 2.83. The van der Waals surface area contributed by atoms with Crippen molar-refractivity contribution in [2.75, 3.05) is 20.3 Å². The molecule has 138 valence electrons. The van der Waals surface area contributed by atoms with E-state index in [0.29, 0.717) is 42.0 Å². The van der Waals surface area contributed by atoms with Crippen LogP contribution in [0.25, 0.3) is 11.4 Å². The van der Waals surface area contributed by atoms with Crippen molar-refractivity contribution in [3.05, 3.63) is 53.7 Å². The molecule has 0 N–H and O–H groups in total. The minimum atomic E-state index is -0.161. The van der Waals surface area contributed by atoms with Gasteiger partial charge in [0.05, 0.1) is 6.54 Å². The van der Waals surface area contributed by atoms with Crippen molar-refractivity contribution in [2.24, 2.45) is 0 Å². The lowest BCUT2D eigenvalue weighted by atomic mass is 10.1. The Labute approximate surface area is 155 Å². The van der Waals surface area contributed by atoms with E-state index in [1.54, 1.807) is 31.6 Å². The number of aryl methyl sites for hydroxylation is 1. The summed E-state index contributed by atoms with van der Waals surface area (Å²) >= 11 is 0. The van der Waals surface area contributed by atoms with E-state index in [9.17, 15) is 4.79 Å². The minimum absolute atomic E-state index is 0.161. The maximum Gasteiger partial charge on any atom is 0.254 e. The molecule has 0 spiro atoms. The topological polar surface area (TPSA) is 90.6 Å². The second kappa shape index (κ2) is 7.06. The van der Waals surface area contributed by atoms with Gasteiger partial charge in [-0.1, -0.05) is 5.16 Å². The van der Waals surface area contributed by atoms with Gasteiger partial charge in [-0.3, -0.25) is 9.78 Å². The standard InChI is InChI=1S/C19H18N4O4/c1-12-8-15-16(26-7-6-25-15)9-14(12)19(24)23(2)11-17-21-18(22-27-17)13-4-3-5-20-10-13/h3-5,8-10H,6-7,11H2,1-2H3. The molecule has 3 heterocycles. The molecule has 3 aromatic rings. The molecule has 8 nitrogen and oxygen atoms in total. The number of carbonyl (C=O) groups excluding carboxylic acids is 1. The Hall–Kier alpha value is -3.42. The summed E-state index contributed by atoms with van der Waals surface area (Å²) in [6, 6.07) is 7.18. The average molecular weight is 366 g/mol. The van der Waals surface area contributed by atoms with E-state index in [2.05, 4.69) is 15.1 Å². The molecular formula is C19H18N4O4. The van der Waals surface area contributed by atoms with Crippen molar-refractivity contribution in [3.63, 3.8) is 0 Å². The van der Waals surface area contributed by atoms with Gasteiger partial charge in [0, 0.05) is 30.6 Å². The normalized spacial score (nSPS) is 12.7. The van der Waals surface area contributed by atoms with E-state index in [-0.39, 0.29) is 12.5 Å². The van der Waals surface area contributed by atoms with Crippen LogP contribution in [0.5, 0.6) is 11.5 Å². The van der Waals surface area contributed by atoms with Gasteiger partial charge in [0.25, 0.3) is 5.91 Å². The smallest absolute Gasteiger partial charge is 0.254 e. The highest BCUT2D eigenvalue weighted by atomic mass is 16.6. The van der Waals surface area contributed by atoms with Gasteiger partial charge >= 0.3 is 0 Å². The second-order valence-electron chi connectivity index (χ2n) is 6.23. The fraction of sp³-hybridized carbons (Fsp3) is 0.263. The number of carbonyl (C=O) groups is 1. The molecule has 8 heteroatoms. The zero-order valence-electron chi connectivity index (χ0n) is 15.0. The maximum atomic E-state index is 12.9. The largest absolute Gasteiger partial charge is 0.486 e. The van der Waals surface area contributed by atoms with Gasteiger partial charge in [-0.2, -0.15) is 4.98 Å². The van der Waals surface area contributed by atoms with E-state index in [1.807, 2.05) is 19.1 Å². The number of benzene rings is 1. The third kappa shape index (κ3) is 3.46. The van der Waals surface area contributed by atoms with Crippen molar-refractivity contribution in [1.29, 1.82) is 0 Å². The van der Waals surface area contributed by atoms with Crippen molar-refractivity contribution in [3.8, 4) is 22.9 Å². The molecule has 0 saturated carbocycles. The van der Waals surface area contributed by atoms with Crippen LogP contribution in [0, 0.1) is 6.92 Å². The molecule has 1 amide bonds. The van der Waals surface area contributed by atoms with Gasteiger partial charge in [-0.25, -0.2) is 0 Å². The van der Waals surface area contributed by atoms with Crippen LogP contribution in [0.2, 0.25) is 0 Å². The molecule has 0 bridgehead atoms. The average Bonchev–Trinajstić information content (AvgIpc) is 3.16. The fourth-order valence-electron chi connectivity index (χ4n) is 2.83. The molecule has 27 heavy (non-hydrogen) atoms. The summed E-state index contributed by atoms with van der Waals surface area (Å²) in [5.74, 6) is 1.87. The first-order chi connectivity index (χ1) is 13.1. The van der Waals surface area contributed by atoms with Crippen LogP contribution in [-0.2, 0) is 6.54 Å². The summed E-state index contributed by atoms with van der Waals surface area (Å²) in [5.41, 5.74) is 2.12. The minimum Gasteiger partial charge on any atom is -0.486 e. The Morgan fingerprint density at radius 2 is 2.00 bits per heavy atom. The highest BCUT2D eigenvalue weighted by Gasteiger charge is 2.21. The summed E-state index contributed by atoms with van der Waals surface area (Å²) in [6.45, 7) is 3.04. The van der Waals surface area contributed by atoms with Gasteiger partial charge in [-0.05, 0) is 36.8 Å². The molecule has 1 aliphatic heterocycles. The van der Waals surface area contributed by atoms with Crippen LogP contribution in [0.3, 0.4) is 0 Å². The highest BCUT2D eigenvalue weighted by Crippen LogP contribution is 2.33. The Morgan fingerprint density at radius 3 is 2.74 bits per heavy atom. The van der Waals surface area contributed by atoms with E-state index < -0.39 is 0 Å². The highest BCUT2D eigenvalue weighted by molar-refractivity contribution is 5.96. The van der Waals surface area contributed by atoms with Crippen molar-refractivity contribution >= 4 is 5.91 Å². The SMILES string of the molecule is Cc1cc2c(cc1C(=O)N(C)Cc1nc(-c3cccnc3)no1)OCCO2. The number of aromatic nitrogens is 3. The number of pyridine rings is 1. The number of hydrogen-bond acceptors (Lipinski definition) is 7. The Balaban J connectivity index is 1.51. The van der Waals surface area contributed by atoms with Crippen molar-refractivity contribution in [1.82, 2.24) is 20.0 Å². The van der Waals surface area contributed by atoms with E-state index in [1.165, 1.54) is 4.90 Å². The lowest BCUT2D eigenvalue weighted by Gasteiger charge is -2.22. The molecule has 2 aromatic heterocycles. The van der Waals surface area contributed by atoms with Crippen LogP contribution in [0.4, 0.5) is 0 Å². The van der Waals surface area contributed by atoms with E-state index in [0.717, 1.165) is 11.1 Å². The first-order valence-electron chi connectivity index (χ1n) is 8.50. The second-order valence-corrected chi connectivity index (χ2v) is 6.23. The molecule has 1 aliphatic rings. The van der Waals surface area contributed by atoms with Crippen LogP contribution in [0.15, 0.2) is 41.2 Å². The molecule has 0 radical (unpaired) electrons. The lowest BCUT2D eigenvalue weighted by molar-refractivity contribution is 0.0767. The monoisotopic (exact) mass is 366 g/mol. The van der Waals surface area contributed by atoms with Crippen LogP contribution in [-0.4, -0.2) is 46.2 Å². The number of nitrogens with zero attached hydrogens (tertiary/aromatic N) is 4. The summed E-state index contributed by atoms with van der Waals surface area (Å²) in [7, 11) is 1.69. The number of fused-ring (bicyclic) bond motifs is 1. The Bertz CT molecular complexity index is 971. The molecule has 0 saturated heterocycles. The first-order valence-corrected chi connectivity index (χ1v) is 8.50. The Kier molecular flexibility index (Phi) is 4.45. The first kappa shape index (κ1) is 17.0. The van der Waals surface area contributed by atoms with Gasteiger partial charge in [0.15, 0.2) is 11.5 Å². The summed E-state index contributed by atoms with van der Waals surface area (Å²) < 4.78 is 16.4. The molecular weight excluding hydrogens is 348 g/mol. The van der Waals surface area contributed by atoms with Crippen molar-refractivity contribution < 1.29 is 18.8 Å². The zero-order chi connectivity index (χ0) is 18.8. The van der Waals surface area contributed by atoms with Crippen LogP contribution < -0.4 is 9.47 Å². The number of amides is 1. The molecule has 0 aliphatic carbocycles.